The van der Waals surface area contributed by atoms with Crippen LogP contribution in [0.5, 0.6) is 0 Å². The summed E-state index contributed by atoms with van der Waals surface area (Å²) in [4.78, 5) is 25.8. The Morgan fingerprint density at radius 2 is 1.95 bits per heavy atom. The third kappa shape index (κ3) is 2.98. The highest BCUT2D eigenvalue weighted by atomic mass is 16.4. The highest BCUT2D eigenvalue weighted by molar-refractivity contribution is 5.93. The molecule has 0 spiro atoms. The molecule has 0 aliphatic carbocycles. The van der Waals surface area contributed by atoms with Gasteiger partial charge in [-0.15, -0.1) is 0 Å². The average Bonchev–Trinajstić information content (AvgIpc) is 2.37. The van der Waals surface area contributed by atoms with Crippen molar-refractivity contribution < 1.29 is 19.8 Å². The molecule has 0 aliphatic rings. The lowest BCUT2D eigenvalue weighted by Crippen LogP contribution is -2.31. The molecule has 0 saturated heterocycles. The topological polar surface area (TPSA) is 99.5 Å². The summed E-state index contributed by atoms with van der Waals surface area (Å²) in [6, 6.07) is 7.67. The van der Waals surface area contributed by atoms with Gasteiger partial charge in [-0.05, 0) is 12.1 Å². The second-order valence-electron chi connectivity index (χ2n) is 4.01. The highest BCUT2D eigenvalue weighted by Crippen LogP contribution is 2.22. The van der Waals surface area contributed by atoms with Crippen LogP contribution in [-0.2, 0) is 9.59 Å². The van der Waals surface area contributed by atoms with Gasteiger partial charge in [0.2, 0.25) is 0 Å². The Bertz CT molecular complexity index is 622. The summed E-state index contributed by atoms with van der Waals surface area (Å²) in [7, 11) is 0. The van der Waals surface area contributed by atoms with E-state index in [9.17, 15) is 9.59 Å². The van der Waals surface area contributed by atoms with Gasteiger partial charge in [0.1, 0.15) is 6.04 Å². The van der Waals surface area contributed by atoms with E-state index < -0.39 is 24.4 Å². The van der Waals surface area contributed by atoms with Crippen molar-refractivity contribution in [2.75, 3.05) is 5.32 Å². The van der Waals surface area contributed by atoms with E-state index in [4.69, 9.17) is 10.2 Å². The number of nitrogens with zero attached hydrogens (tertiary/aromatic N) is 1. The maximum Gasteiger partial charge on any atom is 0.326 e. The Kier molecular flexibility index (Phi) is 3.61. The average molecular weight is 260 g/mol. The van der Waals surface area contributed by atoms with Crippen molar-refractivity contribution in [2.24, 2.45) is 0 Å². The summed E-state index contributed by atoms with van der Waals surface area (Å²) in [5, 5.41) is 21.2. The maximum absolute atomic E-state index is 11.0. The standard InChI is InChI=1S/C13H12N2O4/c16-12(17)7-11(13(18)19)15-10-5-6-14-9-4-2-1-3-8(9)10/h1-6,11H,7H2,(H,14,15)(H,16,17)(H,18,19)/t11-/m0/s1. The molecule has 1 aromatic heterocycles. The van der Waals surface area contributed by atoms with E-state index >= 15 is 0 Å². The molecule has 0 bridgehead atoms. The van der Waals surface area contributed by atoms with Crippen LogP contribution < -0.4 is 5.32 Å². The van der Waals surface area contributed by atoms with Gasteiger partial charge in [-0.1, -0.05) is 18.2 Å². The molecule has 0 unspecified atom stereocenters. The van der Waals surface area contributed by atoms with Gasteiger partial charge < -0.3 is 15.5 Å². The molecule has 1 aromatic carbocycles. The molecular weight excluding hydrogens is 248 g/mol. The molecule has 0 aliphatic heterocycles. The van der Waals surface area contributed by atoms with Gasteiger partial charge in [0.05, 0.1) is 11.9 Å². The molecule has 0 fully saturated rings. The first-order valence-corrected chi connectivity index (χ1v) is 5.63. The number of benzene rings is 1. The Morgan fingerprint density at radius 1 is 1.21 bits per heavy atom. The number of carboxylic acids is 2. The van der Waals surface area contributed by atoms with Gasteiger partial charge in [0, 0.05) is 17.3 Å². The number of aliphatic carboxylic acids is 2. The lowest BCUT2D eigenvalue weighted by molar-refractivity contribution is -0.144. The van der Waals surface area contributed by atoms with Crippen LogP contribution in [0.1, 0.15) is 6.42 Å². The Hall–Kier alpha value is -2.63. The van der Waals surface area contributed by atoms with Crippen molar-refractivity contribution in [3.05, 3.63) is 36.5 Å². The predicted molar refractivity (Wildman–Crippen MR) is 69.0 cm³/mol. The Morgan fingerprint density at radius 3 is 2.63 bits per heavy atom. The third-order valence-corrected chi connectivity index (χ3v) is 2.66. The van der Waals surface area contributed by atoms with E-state index in [1.807, 2.05) is 12.1 Å². The summed E-state index contributed by atoms with van der Waals surface area (Å²) in [5.41, 5.74) is 1.27. The predicted octanol–water partition coefficient (Wildman–Crippen LogP) is 1.57. The molecule has 0 saturated carbocycles. The first-order chi connectivity index (χ1) is 9.08. The van der Waals surface area contributed by atoms with E-state index in [0.29, 0.717) is 11.2 Å². The van der Waals surface area contributed by atoms with E-state index in [0.717, 1.165) is 5.39 Å². The normalized spacial score (nSPS) is 12.0. The van der Waals surface area contributed by atoms with Crippen LogP contribution >= 0.6 is 0 Å². The number of hydrogen-bond acceptors (Lipinski definition) is 4. The first kappa shape index (κ1) is 12.8. The fraction of sp³-hybridized carbons (Fsp3) is 0.154. The summed E-state index contributed by atoms with van der Waals surface area (Å²) in [6.45, 7) is 0. The van der Waals surface area contributed by atoms with Crippen LogP contribution in [0.3, 0.4) is 0 Å². The molecule has 1 heterocycles. The summed E-state index contributed by atoms with van der Waals surface area (Å²) >= 11 is 0. The minimum atomic E-state index is -1.21. The minimum Gasteiger partial charge on any atom is -0.481 e. The van der Waals surface area contributed by atoms with E-state index in [-0.39, 0.29) is 0 Å². The van der Waals surface area contributed by atoms with Crippen molar-refractivity contribution in [3.63, 3.8) is 0 Å². The summed E-state index contributed by atoms with van der Waals surface area (Å²) in [6.07, 6.45) is 1.05. The second-order valence-corrected chi connectivity index (χ2v) is 4.01. The lowest BCUT2D eigenvalue weighted by Gasteiger charge is -2.15. The van der Waals surface area contributed by atoms with Crippen LogP contribution in [-0.4, -0.2) is 33.2 Å². The number of rotatable bonds is 5. The zero-order chi connectivity index (χ0) is 13.8. The number of aromatic nitrogens is 1. The number of hydrogen-bond donors (Lipinski definition) is 3. The van der Waals surface area contributed by atoms with Gasteiger partial charge >= 0.3 is 11.9 Å². The van der Waals surface area contributed by atoms with Crippen molar-refractivity contribution in [1.82, 2.24) is 4.98 Å². The van der Waals surface area contributed by atoms with Gasteiger partial charge in [-0.3, -0.25) is 9.78 Å². The number of carboxylic acid groups (broad SMARTS) is 2. The quantitative estimate of drug-likeness (QED) is 0.754. The van der Waals surface area contributed by atoms with Crippen LogP contribution in [0.2, 0.25) is 0 Å². The van der Waals surface area contributed by atoms with E-state index in [1.54, 1.807) is 24.4 Å². The molecule has 0 amide bonds. The van der Waals surface area contributed by atoms with Crippen LogP contribution in [0.4, 0.5) is 5.69 Å². The molecule has 2 rings (SSSR count). The number of fused-ring (bicyclic) bond motifs is 1. The number of nitrogens with one attached hydrogen (secondary N) is 1. The molecule has 1 atom stereocenters. The first-order valence-electron chi connectivity index (χ1n) is 5.63. The number of para-hydroxylation sites is 1. The van der Waals surface area contributed by atoms with E-state index in [1.165, 1.54) is 0 Å². The number of anilines is 1. The van der Waals surface area contributed by atoms with Crippen LogP contribution in [0.15, 0.2) is 36.5 Å². The Labute approximate surface area is 108 Å². The molecule has 6 heteroatoms. The van der Waals surface area contributed by atoms with Crippen LogP contribution in [0, 0.1) is 0 Å². The SMILES string of the molecule is O=C(O)C[C@H](Nc1ccnc2ccccc12)C(=O)O. The smallest absolute Gasteiger partial charge is 0.326 e. The fourth-order valence-electron chi connectivity index (χ4n) is 1.78. The minimum absolute atomic E-state index is 0.494. The van der Waals surface area contributed by atoms with Crippen molar-refractivity contribution in [3.8, 4) is 0 Å². The van der Waals surface area contributed by atoms with E-state index in [2.05, 4.69) is 10.3 Å². The number of carbonyl (C=O) groups is 2. The van der Waals surface area contributed by atoms with Crippen LogP contribution in [0.25, 0.3) is 10.9 Å². The molecule has 19 heavy (non-hydrogen) atoms. The second kappa shape index (κ2) is 5.34. The van der Waals surface area contributed by atoms with Crippen molar-refractivity contribution in [2.45, 2.75) is 12.5 Å². The van der Waals surface area contributed by atoms with Gasteiger partial charge in [-0.2, -0.15) is 0 Å². The zero-order valence-corrected chi connectivity index (χ0v) is 9.91. The van der Waals surface area contributed by atoms with Gasteiger partial charge in [0.15, 0.2) is 0 Å². The van der Waals surface area contributed by atoms with Crippen molar-refractivity contribution >= 4 is 28.5 Å². The lowest BCUT2D eigenvalue weighted by atomic mass is 10.1. The fourth-order valence-corrected chi connectivity index (χ4v) is 1.78. The molecule has 3 N–H and O–H groups in total. The van der Waals surface area contributed by atoms with Crippen molar-refractivity contribution in [1.29, 1.82) is 0 Å². The monoisotopic (exact) mass is 260 g/mol. The highest BCUT2D eigenvalue weighted by Gasteiger charge is 2.21. The summed E-state index contributed by atoms with van der Waals surface area (Å²) < 4.78 is 0. The largest absolute Gasteiger partial charge is 0.481 e. The van der Waals surface area contributed by atoms with Gasteiger partial charge in [-0.25, -0.2) is 4.79 Å². The molecular formula is C13H12N2O4. The molecule has 6 nitrogen and oxygen atoms in total. The Balaban J connectivity index is 2.33. The summed E-state index contributed by atoms with van der Waals surface area (Å²) in [5.74, 6) is -2.37. The molecule has 98 valence electrons. The number of pyridine rings is 1. The molecule has 2 aromatic rings. The van der Waals surface area contributed by atoms with Gasteiger partial charge in [0.25, 0.3) is 0 Å². The molecule has 0 radical (unpaired) electrons. The third-order valence-electron chi connectivity index (χ3n) is 2.66. The zero-order valence-electron chi connectivity index (χ0n) is 9.91. The maximum atomic E-state index is 11.0.